The van der Waals surface area contributed by atoms with Crippen LogP contribution in [0, 0.1) is 0 Å². The van der Waals surface area contributed by atoms with Gasteiger partial charge in [0, 0.05) is 30.9 Å². The van der Waals surface area contributed by atoms with E-state index in [2.05, 4.69) is 23.4 Å². The molecule has 0 unspecified atom stereocenters. The van der Waals surface area contributed by atoms with E-state index in [1.54, 1.807) is 12.1 Å². The van der Waals surface area contributed by atoms with Crippen molar-refractivity contribution in [1.29, 1.82) is 0 Å². The molecule has 0 amide bonds. The van der Waals surface area contributed by atoms with Crippen LogP contribution in [0.2, 0.25) is 10.0 Å². The third-order valence-electron chi connectivity index (χ3n) is 3.22. The fourth-order valence-corrected chi connectivity index (χ4v) is 2.44. The Labute approximate surface area is 135 Å². The lowest BCUT2D eigenvalue weighted by Crippen LogP contribution is -2.06. The molecule has 1 aromatic heterocycles. The monoisotopic (exact) mass is 326 g/mol. The van der Waals surface area contributed by atoms with Gasteiger partial charge in [0.2, 0.25) is 0 Å². The maximum atomic E-state index is 5.95. The number of imidazole rings is 1. The van der Waals surface area contributed by atoms with Gasteiger partial charge in [-0.2, -0.15) is 0 Å². The number of hydrogen-bond acceptors (Lipinski definition) is 2. The van der Waals surface area contributed by atoms with Crippen LogP contribution >= 0.6 is 23.2 Å². The molecule has 2 rings (SSSR count). The van der Waals surface area contributed by atoms with Crippen molar-refractivity contribution in [3.05, 3.63) is 46.5 Å². The van der Waals surface area contributed by atoms with Gasteiger partial charge in [-0.25, -0.2) is 4.98 Å². The summed E-state index contributed by atoms with van der Waals surface area (Å²) in [6.45, 7) is 5.96. The highest BCUT2D eigenvalue weighted by molar-refractivity contribution is 6.42. The van der Waals surface area contributed by atoms with Crippen molar-refractivity contribution in [3.63, 3.8) is 0 Å². The number of aryl methyl sites for hydroxylation is 1. The van der Waals surface area contributed by atoms with Crippen molar-refractivity contribution in [2.75, 3.05) is 6.61 Å². The van der Waals surface area contributed by atoms with Crippen LogP contribution in [0.5, 0.6) is 5.75 Å². The predicted octanol–water partition coefficient (Wildman–Crippen LogP) is 5.17. The molecule has 0 atom stereocenters. The van der Waals surface area contributed by atoms with Crippen LogP contribution in [0.15, 0.2) is 30.6 Å². The van der Waals surface area contributed by atoms with Gasteiger partial charge < -0.3 is 9.30 Å². The molecule has 0 bridgehead atoms. The lowest BCUT2D eigenvalue weighted by atomic mass is 10.2. The lowest BCUT2D eigenvalue weighted by molar-refractivity contribution is 0.302. The van der Waals surface area contributed by atoms with Crippen LogP contribution < -0.4 is 4.74 Å². The molecule has 21 heavy (non-hydrogen) atoms. The molecule has 0 fully saturated rings. The summed E-state index contributed by atoms with van der Waals surface area (Å²) in [7, 11) is 0. The molecule has 0 aliphatic heterocycles. The molecule has 3 nitrogen and oxygen atoms in total. The second-order valence-electron chi connectivity index (χ2n) is 5.27. The number of aromatic nitrogens is 2. The molecule has 114 valence electrons. The average Bonchev–Trinajstić information content (AvgIpc) is 2.91. The van der Waals surface area contributed by atoms with Gasteiger partial charge in [-0.3, -0.25) is 0 Å². The lowest BCUT2D eigenvalue weighted by Gasteiger charge is -2.11. The van der Waals surface area contributed by atoms with Crippen molar-refractivity contribution >= 4 is 23.2 Å². The number of benzene rings is 1. The van der Waals surface area contributed by atoms with Crippen LogP contribution in [-0.2, 0) is 6.54 Å². The van der Waals surface area contributed by atoms with Crippen molar-refractivity contribution in [3.8, 4) is 5.75 Å². The standard InChI is InChI=1S/C16H20Cl2N2O/c1-12(2)16-19-7-9-20(16)8-3-4-10-21-13-5-6-14(17)15(18)11-13/h5-7,9,11-12H,3-4,8,10H2,1-2H3. The van der Waals surface area contributed by atoms with Gasteiger partial charge in [0.15, 0.2) is 0 Å². The molecule has 5 heteroatoms. The van der Waals surface area contributed by atoms with Gasteiger partial charge >= 0.3 is 0 Å². The van der Waals surface area contributed by atoms with Crippen LogP contribution in [0.25, 0.3) is 0 Å². The molecule has 0 saturated carbocycles. The number of rotatable bonds is 7. The summed E-state index contributed by atoms with van der Waals surface area (Å²) in [4.78, 5) is 4.38. The Morgan fingerprint density at radius 3 is 2.71 bits per heavy atom. The molecule has 1 heterocycles. The summed E-state index contributed by atoms with van der Waals surface area (Å²) < 4.78 is 7.88. The average molecular weight is 327 g/mol. The van der Waals surface area contributed by atoms with Crippen LogP contribution in [0.3, 0.4) is 0 Å². The van der Waals surface area contributed by atoms with Gasteiger partial charge in [0.1, 0.15) is 11.6 Å². The number of ether oxygens (including phenoxy) is 1. The second-order valence-corrected chi connectivity index (χ2v) is 6.08. The van der Waals surface area contributed by atoms with E-state index in [-0.39, 0.29) is 0 Å². The first kappa shape index (κ1) is 16.2. The highest BCUT2D eigenvalue weighted by Gasteiger charge is 2.06. The third kappa shape index (κ3) is 4.65. The van der Waals surface area contributed by atoms with Crippen molar-refractivity contribution in [2.24, 2.45) is 0 Å². The summed E-state index contributed by atoms with van der Waals surface area (Å²) in [6.07, 6.45) is 5.93. The molecule has 0 aliphatic rings. The first-order chi connectivity index (χ1) is 10.1. The van der Waals surface area contributed by atoms with Gasteiger partial charge in [0.05, 0.1) is 16.7 Å². The second kappa shape index (κ2) is 7.71. The minimum absolute atomic E-state index is 0.451. The van der Waals surface area contributed by atoms with Crippen molar-refractivity contribution in [1.82, 2.24) is 9.55 Å². The van der Waals surface area contributed by atoms with Crippen molar-refractivity contribution < 1.29 is 4.74 Å². The zero-order valence-corrected chi connectivity index (χ0v) is 13.9. The maximum absolute atomic E-state index is 5.95. The maximum Gasteiger partial charge on any atom is 0.120 e. The zero-order chi connectivity index (χ0) is 15.2. The smallest absolute Gasteiger partial charge is 0.120 e. The number of hydrogen-bond donors (Lipinski definition) is 0. The normalized spacial score (nSPS) is 11.1. The van der Waals surface area contributed by atoms with Crippen LogP contribution in [0.1, 0.15) is 38.4 Å². The third-order valence-corrected chi connectivity index (χ3v) is 3.96. The molecule has 0 N–H and O–H groups in total. The molecular formula is C16H20Cl2N2O. The fourth-order valence-electron chi connectivity index (χ4n) is 2.15. The van der Waals surface area contributed by atoms with E-state index in [1.807, 2.05) is 18.5 Å². The van der Waals surface area contributed by atoms with Gasteiger partial charge in [0.25, 0.3) is 0 Å². The van der Waals surface area contributed by atoms with E-state index in [4.69, 9.17) is 27.9 Å². The molecule has 0 spiro atoms. The number of unbranched alkanes of at least 4 members (excludes halogenated alkanes) is 1. The van der Waals surface area contributed by atoms with Gasteiger partial charge in [-0.05, 0) is 25.0 Å². The van der Waals surface area contributed by atoms with Crippen LogP contribution in [0.4, 0.5) is 0 Å². The largest absolute Gasteiger partial charge is 0.494 e. The van der Waals surface area contributed by atoms with E-state index in [9.17, 15) is 0 Å². The number of nitrogens with zero attached hydrogens (tertiary/aromatic N) is 2. The molecule has 0 radical (unpaired) electrons. The summed E-state index contributed by atoms with van der Waals surface area (Å²) in [5.41, 5.74) is 0. The van der Waals surface area contributed by atoms with E-state index in [1.165, 1.54) is 0 Å². The summed E-state index contributed by atoms with van der Waals surface area (Å²) in [5, 5.41) is 1.07. The first-order valence-corrected chi connectivity index (χ1v) is 7.92. The van der Waals surface area contributed by atoms with E-state index >= 15 is 0 Å². The summed E-state index contributed by atoms with van der Waals surface area (Å²) in [5.74, 6) is 2.35. The highest BCUT2D eigenvalue weighted by Crippen LogP contribution is 2.26. The Bertz CT molecular complexity index is 581. The first-order valence-electron chi connectivity index (χ1n) is 7.17. The SMILES string of the molecule is CC(C)c1nccn1CCCCOc1ccc(Cl)c(Cl)c1. The molecule has 0 saturated heterocycles. The van der Waals surface area contributed by atoms with Crippen LogP contribution in [-0.4, -0.2) is 16.2 Å². The quantitative estimate of drug-likeness (QED) is 0.656. The number of halogens is 2. The predicted molar refractivity (Wildman–Crippen MR) is 87.5 cm³/mol. The molecular weight excluding hydrogens is 307 g/mol. The van der Waals surface area contributed by atoms with E-state index in [0.717, 1.165) is 31.0 Å². The van der Waals surface area contributed by atoms with E-state index in [0.29, 0.717) is 22.6 Å². The Morgan fingerprint density at radius 2 is 2.00 bits per heavy atom. The van der Waals surface area contributed by atoms with Crippen molar-refractivity contribution in [2.45, 2.75) is 39.2 Å². The Hall–Kier alpha value is -1.19. The highest BCUT2D eigenvalue weighted by atomic mass is 35.5. The minimum Gasteiger partial charge on any atom is -0.494 e. The summed E-state index contributed by atoms with van der Waals surface area (Å²) >= 11 is 11.8. The van der Waals surface area contributed by atoms with E-state index < -0.39 is 0 Å². The van der Waals surface area contributed by atoms with Gasteiger partial charge in [-0.15, -0.1) is 0 Å². The topological polar surface area (TPSA) is 27.1 Å². The Kier molecular flexibility index (Phi) is 5.95. The Balaban J connectivity index is 1.72. The summed E-state index contributed by atoms with van der Waals surface area (Å²) in [6, 6.07) is 5.33. The molecule has 1 aromatic carbocycles. The van der Waals surface area contributed by atoms with Gasteiger partial charge in [-0.1, -0.05) is 37.0 Å². The molecule has 2 aromatic rings. The molecule has 0 aliphatic carbocycles. The fraction of sp³-hybridized carbons (Fsp3) is 0.438. The Morgan fingerprint density at radius 1 is 1.19 bits per heavy atom. The minimum atomic E-state index is 0.451. The zero-order valence-electron chi connectivity index (χ0n) is 12.4.